The van der Waals surface area contributed by atoms with Gasteiger partial charge in [-0.3, -0.25) is 4.90 Å². The Labute approximate surface area is 116 Å². The molecule has 0 amide bonds. The van der Waals surface area contributed by atoms with Crippen LogP contribution in [0, 0.1) is 12.8 Å². The lowest BCUT2D eigenvalue weighted by Crippen LogP contribution is -2.54. The number of nitrogens with zero attached hydrogens (tertiary/aromatic N) is 1. The molecule has 3 aliphatic rings. The third kappa shape index (κ3) is 2.02. The zero-order valence-electron chi connectivity index (χ0n) is 11.9. The van der Waals surface area contributed by atoms with Crippen LogP contribution in [0.5, 0.6) is 0 Å². The summed E-state index contributed by atoms with van der Waals surface area (Å²) in [5.74, 6) is 0.900. The lowest BCUT2D eigenvalue weighted by atomic mass is 9.77. The molecule has 3 aliphatic heterocycles. The molecular weight excluding hydrogens is 232 g/mol. The quantitative estimate of drug-likeness (QED) is 0.768. The first-order valence-electron chi connectivity index (χ1n) is 7.88. The summed E-state index contributed by atoms with van der Waals surface area (Å²) in [7, 11) is 0. The average Bonchev–Trinajstić information content (AvgIpc) is 2.44. The number of piperidine rings is 2. The minimum absolute atomic E-state index is 0.677. The van der Waals surface area contributed by atoms with Gasteiger partial charge in [0.1, 0.15) is 0 Å². The fourth-order valence-electron chi connectivity index (χ4n) is 4.44. The van der Waals surface area contributed by atoms with Gasteiger partial charge in [0.05, 0.1) is 0 Å². The van der Waals surface area contributed by atoms with Crippen LogP contribution in [-0.4, -0.2) is 30.6 Å². The monoisotopic (exact) mass is 256 g/mol. The standard InChI is InChI=1S/C17H24N2/c1-12-4-5-15-13(9-12)6-8-19-11-14-3-2-7-18-16(14)10-17(15)19/h4-5,9,14,16-18H,2-3,6-8,10-11H2,1H3/t14-,16+,17-/m1/s1. The molecule has 3 heterocycles. The van der Waals surface area contributed by atoms with Gasteiger partial charge in [-0.2, -0.15) is 0 Å². The Morgan fingerprint density at radius 2 is 2.26 bits per heavy atom. The Morgan fingerprint density at radius 3 is 3.21 bits per heavy atom. The van der Waals surface area contributed by atoms with Crippen LogP contribution >= 0.6 is 0 Å². The number of aryl methyl sites for hydroxylation is 1. The van der Waals surface area contributed by atoms with Crippen molar-refractivity contribution in [3.8, 4) is 0 Å². The largest absolute Gasteiger partial charge is 0.314 e. The number of nitrogens with one attached hydrogen (secondary N) is 1. The van der Waals surface area contributed by atoms with Crippen LogP contribution in [0.3, 0.4) is 0 Å². The first kappa shape index (κ1) is 11.9. The fourth-order valence-corrected chi connectivity index (χ4v) is 4.44. The number of hydrogen-bond donors (Lipinski definition) is 1. The van der Waals surface area contributed by atoms with E-state index in [0.29, 0.717) is 6.04 Å². The highest BCUT2D eigenvalue weighted by molar-refractivity contribution is 5.36. The zero-order chi connectivity index (χ0) is 12.8. The lowest BCUT2D eigenvalue weighted by Gasteiger charge is -2.49. The molecule has 19 heavy (non-hydrogen) atoms. The van der Waals surface area contributed by atoms with Gasteiger partial charge in [-0.05, 0) is 56.2 Å². The van der Waals surface area contributed by atoms with E-state index in [1.807, 2.05) is 0 Å². The van der Waals surface area contributed by atoms with Crippen LogP contribution in [-0.2, 0) is 6.42 Å². The third-order valence-corrected chi connectivity index (χ3v) is 5.44. The molecule has 102 valence electrons. The Kier molecular flexibility index (Phi) is 2.89. The van der Waals surface area contributed by atoms with Crippen LogP contribution < -0.4 is 5.32 Å². The molecule has 2 nitrogen and oxygen atoms in total. The van der Waals surface area contributed by atoms with E-state index in [1.54, 1.807) is 11.1 Å². The first-order valence-corrected chi connectivity index (χ1v) is 7.88. The van der Waals surface area contributed by atoms with Crippen molar-refractivity contribution in [3.05, 3.63) is 34.9 Å². The van der Waals surface area contributed by atoms with Crippen molar-refractivity contribution >= 4 is 0 Å². The van der Waals surface area contributed by atoms with Crippen molar-refractivity contribution in [2.24, 2.45) is 5.92 Å². The molecule has 0 radical (unpaired) electrons. The maximum Gasteiger partial charge on any atom is 0.0366 e. The van der Waals surface area contributed by atoms with Crippen molar-refractivity contribution in [2.75, 3.05) is 19.6 Å². The topological polar surface area (TPSA) is 15.3 Å². The van der Waals surface area contributed by atoms with E-state index < -0.39 is 0 Å². The van der Waals surface area contributed by atoms with Gasteiger partial charge in [-0.15, -0.1) is 0 Å². The van der Waals surface area contributed by atoms with E-state index in [-0.39, 0.29) is 0 Å². The smallest absolute Gasteiger partial charge is 0.0366 e. The summed E-state index contributed by atoms with van der Waals surface area (Å²) in [6.07, 6.45) is 5.37. The van der Waals surface area contributed by atoms with Crippen LogP contribution in [0.15, 0.2) is 18.2 Å². The molecule has 0 spiro atoms. The van der Waals surface area contributed by atoms with E-state index in [1.165, 1.54) is 50.9 Å². The highest BCUT2D eigenvalue weighted by Crippen LogP contribution is 2.40. The summed E-state index contributed by atoms with van der Waals surface area (Å²) in [6.45, 7) is 6.03. The van der Waals surface area contributed by atoms with Gasteiger partial charge >= 0.3 is 0 Å². The zero-order valence-corrected chi connectivity index (χ0v) is 11.9. The van der Waals surface area contributed by atoms with Crippen molar-refractivity contribution in [3.63, 3.8) is 0 Å². The third-order valence-electron chi connectivity index (χ3n) is 5.44. The highest BCUT2D eigenvalue weighted by atomic mass is 15.2. The molecule has 0 unspecified atom stereocenters. The maximum absolute atomic E-state index is 3.77. The summed E-state index contributed by atoms with van der Waals surface area (Å²) in [4.78, 5) is 2.76. The molecule has 1 aromatic rings. The summed E-state index contributed by atoms with van der Waals surface area (Å²) >= 11 is 0. The van der Waals surface area contributed by atoms with Crippen molar-refractivity contribution < 1.29 is 0 Å². The van der Waals surface area contributed by atoms with E-state index in [0.717, 1.165) is 12.0 Å². The molecule has 3 atom stereocenters. The summed E-state index contributed by atoms with van der Waals surface area (Å²) in [5.41, 5.74) is 4.63. The first-order chi connectivity index (χ1) is 9.31. The van der Waals surface area contributed by atoms with Crippen LogP contribution in [0.2, 0.25) is 0 Å². The SMILES string of the molecule is Cc1ccc2c(c1)CCN1C[C@H]3CCCN[C@H]3C[C@H]21. The van der Waals surface area contributed by atoms with Gasteiger partial charge in [-0.25, -0.2) is 0 Å². The predicted molar refractivity (Wildman–Crippen MR) is 78.3 cm³/mol. The second-order valence-corrected chi connectivity index (χ2v) is 6.66. The maximum atomic E-state index is 3.77. The number of rotatable bonds is 0. The van der Waals surface area contributed by atoms with Gasteiger partial charge < -0.3 is 5.32 Å². The molecule has 0 saturated carbocycles. The molecule has 0 aromatic heterocycles. The molecule has 4 rings (SSSR count). The van der Waals surface area contributed by atoms with Crippen LogP contribution in [0.25, 0.3) is 0 Å². The normalized spacial score (nSPS) is 34.3. The minimum Gasteiger partial charge on any atom is -0.314 e. The Morgan fingerprint density at radius 1 is 1.32 bits per heavy atom. The number of hydrogen-bond acceptors (Lipinski definition) is 2. The average molecular weight is 256 g/mol. The molecule has 1 N–H and O–H groups in total. The van der Waals surface area contributed by atoms with Crippen molar-refractivity contribution in [1.82, 2.24) is 10.2 Å². The number of fused-ring (bicyclic) bond motifs is 4. The molecule has 2 fully saturated rings. The van der Waals surface area contributed by atoms with Crippen molar-refractivity contribution in [2.45, 2.75) is 44.7 Å². The molecule has 1 aromatic carbocycles. The molecule has 2 saturated heterocycles. The Hall–Kier alpha value is -0.860. The second kappa shape index (κ2) is 4.60. The summed E-state index contributed by atoms with van der Waals surface area (Å²) in [5, 5.41) is 3.77. The second-order valence-electron chi connectivity index (χ2n) is 6.66. The van der Waals surface area contributed by atoms with E-state index >= 15 is 0 Å². The van der Waals surface area contributed by atoms with Crippen LogP contribution in [0.1, 0.15) is 42.0 Å². The predicted octanol–water partition coefficient (Wildman–Crippen LogP) is 2.67. The number of benzene rings is 1. The molecular formula is C17H24N2. The Bertz CT molecular complexity index is 482. The Balaban J connectivity index is 1.65. The van der Waals surface area contributed by atoms with E-state index in [2.05, 4.69) is 35.3 Å². The van der Waals surface area contributed by atoms with Gasteiger partial charge in [0.2, 0.25) is 0 Å². The highest BCUT2D eigenvalue weighted by Gasteiger charge is 2.39. The summed E-state index contributed by atoms with van der Waals surface area (Å²) < 4.78 is 0. The fraction of sp³-hybridized carbons (Fsp3) is 0.647. The van der Waals surface area contributed by atoms with Crippen molar-refractivity contribution in [1.29, 1.82) is 0 Å². The van der Waals surface area contributed by atoms with Gasteiger partial charge in [0.15, 0.2) is 0 Å². The minimum atomic E-state index is 0.677. The van der Waals surface area contributed by atoms with Gasteiger partial charge in [-0.1, -0.05) is 23.8 Å². The van der Waals surface area contributed by atoms with E-state index in [4.69, 9.17) is 0 Å². The van der Waals surface area contributed by atoms with Gasteiger partial charge in [0.25, 0.3) is 0 Å². The molecule has 0 aliphatic carbocycles. The van der Waals surface area contributed by atoms with Gasteiger partial charge in [0, 0.05) is 25.2 Å². The molecule has 0 bridgehead atoms. The van der Waals surface area contributed by atoms with E-state index in [9.17, 15) is 0 Å². The lowest BCUT2D eigenvalue weighted by molar-refractivity contribution is 0.0552. The summed E-state index contributed by atoms with van der Waals surface area (Å²) in [6, 6.07) is 8.54. The molecule has 2 heteroatoms. The van der Waals surface area contributed by atoms with Crippen LogP contribution in [0.4, 0.5) is 0 Å².